The Bertz CT molecular complexity index is 300. The predicted molar refractivity (Wildman–Crippen MR) is 46.7 cm³/mol. The number of allylic oxidation sites excluding steroid dienone is 2. The Hall–Kier alpha value is -1.05. The molecule has 2 aliphatic rings. The number of rotatable bonds is 1. The molecule has 2 aliphatic carbocycles. The highest BCUT2D eigenvalue weighted by molar-refractivity contribution is 5.20. The Morgan fingerprint density at radius 3 is 2.92 bits per heavy atom. The average molecular weight is 160 g/mol. The third kappa shape index (κ3) is 0.779. The van der Waals surface area contributed by atoms with Crippen LogP contribution in [0.25, 0.3) is 0 Å². The van der Waals surface area contributed by atoms with E-state index in [0.29, 0.717) is 0 Å². The Balaban J connectivity index is 1.92. The van der Waals surface area contributed by atoms with Crippen molar-refractivity contribution in [2.45, 2.75) is 18.8 Å². The Morgan fingerprint density at radius 2 is 2.33 bits per heavy atom. The van der Waals surface area contributed by atoms with Crippen LogP contribution >= 0.6 is 0 Å². The fraction of sp³-hybridized carbons (Fsp3) is 0.500. The third-order valence-electron chi connectivity index (χ3n) is 3.20. The second kappa shape index (κ2) is 2.22. The first-order valence-electron chi connectivity index (χ1n) is 4.61. The molecule has 1 aromatic rings. The molecule has 2 heteroatoms. The molecule has 3 rings (SSSR count). The van der Waals surface area contributed by atoms with Crippen molar-refractivity contribution in [2.24, 2.45) is 11.8 Å². The minimum atomic E-state index is 0.725. The molecule has 3 unspecified atom stereocenters. The summed E-state index contributed by atoms with van der Waals surface area (Å²) in [6.45, 7) is 0. The lowest BCUT2D eigenvalue weighted by Gasteiger charge is -2.15. The van der Waals surface area contributed by atoms with Crippen LogP contribution in [0.15, 0.2) is 24.4 Å². The number of aromatic amines is 1. The van der Waals surface area contributed by atoms with Crippen LogP contribution in [0, 0.1) is 11.8 Å². The number of aromatic nitrogens is 2. The number of fused-ring (bicyclic) bond motifs is 2. The van der Waals surface area contributed by atoms with Crippen LogP contribution in [0.5, 0.6) is 0 Å². The fourth-order valence-corrected chi connectivity index (χ4v) is 2.61. The lowest BCUT2D eigenvalue weighted by molar-refractivity contribution is 0.568. The van der Waals surface area contributed by atoms with E-state index in [4.69, 9.17) is 0 Å². The minimum Gasteiger partial charge on any atom is -0.282 e. The molecule has 0 amide bonds. The SMILES string of the molecule is C1=CC2CC1CC2c1ccn[nH]1. The molecular weight excluding hydrogens is 148 g/mol. The molecular formula is C10H12N2. The van der Waals surface area contributed by atoms with Crippen molar-refractivity contribution in [1.82, 2.24) is 10.2 Å². The van der Waals surface area contributed by atoms with Crippen LogP contribution in [0.1, 0.15) is 24.5 Å². The summed E-state index contributed by atoms with van der Waals surface area (Å²) < 4.78 is 0. The molecule has 0 saturated heterocycles. The van der Waals surface area contributed by atoms with Crippen molar-refractivity contribution in [1.29, 1.82) is 0 Å². The topological polar surface area (TPSA) is 28.7 Å². The molecule has 12 heavy (non-hydrogen) atoms. The van der Waals surface area contributed by atoms with E-state index in [1.54, 1.807) is 0 Å². The molecule has 2 bridgehead atoms. The smallest absolute Gasteiger partial charge is 0.0490 e. The summed E-state index contributed by atoms with van der Waals surface area (Å²) >= 11 is 0. The van der Waals surface area contributed by atoms with E-state index in [0.717, 1.165) is 17.8 Å². The maximum Gasteiger partial charge on any atom is 0.0490 e. The van der Waals surface area contributed by atoms with Crippen molar-refractivity contribution in [3.05, 3.63) is 30.1 Å². The van der Waals surface area contributed by atoms with E-state index >= 15 is 0 Å². The highest BCUT2D eigenvalue weighted by Crippen LogP contribution is 2.47. The zero-order chi connectivity index (χ0) is 7.97. The van der Waals surface area contributed by atoms with Gasteiger partial charge in [-0.25, -0.2) is 0 Å². The van der Waals surface area contributed by atoms with Gasteiger partial charge in [-0.1, -0.05) is 12.2 Å². The van der Waals surface area contributed by atoms with Crippen molar-refractivity contribution < 1.29 is 0 Å². The van der Waals surface area contributed by atoms with Gasteiger partial charge in [0.1, 0.15) is 0 Å². The normalized spacial score (nSPS) is 37.8. The summed E-state index contributed by atoms with van der Waals surface area (Å²) in [5.41, 5.74) is 1.33. The maximum absolute atomic E-state index is 4.00. The van der Waals surface area contributed by atoms with Crippen molar-refractivity contribution in [3.63, 3.8) is 0 Å². The zero-order valence-corrected chi connectivity index (χ0v) is 6.90. The number of H-pyrrole nitrogens is 1. The van der Waals surface area contributed by atoms with Crippen LogP contribution in [-0.2, 0) is 0 Å². The molecule has 1 N–H and O–H groups in total. The molecule has 0 aliphatic heterocycles. The summed E-state index contributed by atoms with van der Waals surface area (Å²) in [5, 5.41) is 7.08. The van der Waals surface area contributed by atoms with E-state index in [2.05, 4.69) is 28.4 Å². The molecule has 1 heterocycles. The van der Waals surface area contributed by atoms with Gasteiger partial charge in [0.05, 0.1) is 0 Å². The summed E-state index contributed by atoms with van der Waals surface area (Å²) in [7, 11) is 0. The molecule has 0 spiro atoms. The van der Waals surface area contributed by atoms with Crippen molar-refractivity contribution >= 4 is 0 Å². The van der Waals surface area contributed by atoms with Gasteiger partial charge in [-0.05, 0) is 30.7 Å². The first-order valence-corrected chi connectivity index (χ1v) is 4.61. The van der Waals surface area contributed by atoms with Gasteiger partial charge in [-0.2, -0.15) is 5.10 Å². The molecule has 1 saturated carbocycles. The van der Waals surface area contributed by atoms with Crippen LogP contribution in [0.2, 0.25) is 0 Å². The average Bonchev–Trinajstić information content (AvgIpc) is 2.81. The highest BCUT2D eigenvalue weighted by atomic mass is 15.1. The molecule has 0 radical (unpaired) electrons. The zero-order valence-electron chi connectivity index (χ0n) is 6.90. The van der Waals surface area contributed by atoms with Gasteiger partial charge in [-0.3, -0.25) is 5.10 Å². The van der Waals surface area contributed by atoms with Crippen LogP contribution in [0.3, 0.4) is 0 Å². The largest absolute Gasteiger partial charge is 0.282 e. The third-order valence-corrected chi connectivity index (χ3v) is 3.20. The van der Waals surface area contributed by atoms with E-state index in [-0.39, 0.29) is 0 Å². The van der Waals surface area contributed by atoms with E-state index in [9.17, 15) is 0 Å². The van der Waals surface area contributed by atoms with Gasteiger partial charge in [0, 0.05) is 17.8 Å². The second-order valence-corrected chi connectivity index (χ2v) is 3.90. The van der Waals surface area contributed by atoms with Gasteiger partial charge in [0.15, 0.2) is 0 Å². The Labute approximate surface area is 71.7 Å². The van der Waals surface area contributed by atoms with E-state index in [1.165, 1.54) is 18.5 Å². The number of hydrogen-bond acceptors (Lipinski definition) is 1. The molecule has 3 atom stereocenters. The lowest BCUT2D eigenvalue weighted by Crippen LogP contribution is -2.05. The fourth-order valence-electron chi connectivity index (χ4n) is 2.61. The standard InChI is InChI=1S/C10H12N2/c1-2-8-5-7(1)6-9(8)10-3-4-11-12-10/h1-4,7-9H,5-6H2,(H,11,12). The van der Waals surface area contributed by atoms with E-state index < -0.39 is 0 Å². The van der Waals surface area contributed by atoms with Gasteiger partial charge in [0.25, 0.3) is 0 Å². The van der Waals surface area contributed by atoms with Gasteiger partial charge in [0.2, 0.25) is 0 Å². The number of nitrogens with one attached hydrogen (secondary N) is 1. The quantitative estimate of drug-likeness (QED) is 0.626. The Kier molecular flexibility index (Phi) is 1.20. The van der Waals surface area contributed by atoms with Gasteiger partial charge >= 0.3 is 0 Å². The van der Waals surface area contributed by atoms with Gasteiger partial charge < -0.3 is 0 Å². The summed E-state index contributed by atoms with van der Waals surface area (Å²) in [5.74, 6) is 2.36. The van der Waals surface area contributed by atoms with Crippen LogP contribution in [0.4, 0.5) is 0 Å². The summed E-state index contributed by atoms with van der Waals surface area (Å²) in [6.07, 6.45) is 9.29. The second-order valence-electron chi connectivity index (χ2n) is 3.90. The predicted octanol–water partition coefficient (Wildman–Crippen LogP) is 2.09. The van der Waals surface area contributed by atoms with Crippen LogP contribution < -0.4 is 0 Å². The molecule has 2 nitrogen and oxygen atoms in total. The first kappa shape index (κ1) is 6.46. The molecule has 1 fully saturated rings. The first-order chi connectivity index (χ1) is 5.93. The summed E-state index contributed by atoms with van der Waals surface area (Å²) in [6, 6.07) is 2.11. The minimum absolute atomic E-state index is 0.725. The number of hydrogen-bond donors (Lipinski definition) is 1. The molecule has 1 aromatic heterocycles. The Morgan fingerprint density at radius 1 is 1.33 bits per heavy atom. The van der Waals surface area contributed by atoms with Gasteiger partial charge in [-0.15, -0.1) is 0 Å². The molecule has 62 valence electrons. The maximum atomic E-state index is 4.00. The summed E-state index contributed by atoms with van der Waals surface area (Å²) in [4.78, 5) is 0. The lowest BCUT2D eigenvalue weighted by atomic mass is 9.91. The number of nitrogens with zero attached hydrogens (tertiary/aromatic N) is 1. The monoisotopic (exact) mass is 160 g/mol. The van der Waals surface area contributed by atoms with Crippen molar-refractivity contribution in [3.8, 4) is 0 Å². The molecule has 0 aromatic carbocycles. The van der Waals surface area contributed by atoms with E-state index in [1.807, 2.05) is 6.20 Å². The van der Waals surface area contributed by atoms with Crippen LogP contribution in [-0.4, -0.2) is 10.2 Å². The van der Waals surface area contributed by atoms with Crippen molar-refractivity contribution in [2.75, 3.05) is 0 Å². The highest BCUT2D eigenvalue weighted by Gasteiger charge is 2.36.